The maximum Gasteiger partial charge on any atom is 0.328 e. The number of thioether (sulfide) groups is 1. The van der Waals surface area contributed by atoms with E-state index in [0.29, 0.717) is 26.1 Å². The first-order chi connectivity index (χ1) is 16.8. The Bertz CT molecular complexity index is 1420. The number of imide groups is 3. The van der Waals surface area contributed by atoms with Gasteiger partial charge in [-0.15, -0.1) is 0 Å². The summed E-state index contributed by atoms with van der Waals surface area (Å²) in [4.78, 5) is 64.2. The first kappa shape index (κ1) is 22.9. The van der Waals surface area contributed by atoms with Gasteiger partial charge in [-0.1, -0.05) is 53.4 Å². The molecular formula is C23H18N4O6S2. The van der Waals surface area contributed by atoms with E-state index in [4.69, 9.17) is 5.73 Å². The van der Waals surface area contributed by atoms with E-state index < -0.39 is 45.7 Å². The van der Waals surface area contributed by atoms with Crippen LogP contribution in [0.25, 0.3) is 0 Å². The van der Waals surface area contributed by atoms with Crippen molar-refractivity contribution in [3.8, 4) is 5.75 Å². The van der Waals surface area contributed by atoms with Crippen molar-refractivity contribution in [2.75, 3.05) is 5.32 Å². The number of nitrogens with two attached hydrogens (primary N) is 1. The number of rotatable bonds is 4. The van der Waals surface area contributed by atoms with Gasteiger partial charge < -0.3 is 16.2 Å². The van der Waals surface area contributed by atoms with Gasteiger partial charge in [0.2, 0.25) is 11.8 Å². The van der Waals surface area contributed by atoms with Crippen molar-refractivity contribution in [1.82, 2.24) is 9.47 Å². The monoisotopic (exact) mass is 510 g/mol. The SMILES string of the molecule is NC(=O)N1C(=O)C2Sc3c(sc(=O)n3CC(=O)Nc3ccccc3)[C@@H](c3ccc(O)cc3)C2C1=O. The zero-order valence-corrected chi connectivity index (χ0v) is 19.5. The third kappa shape index (κ3) is 3.90. The molecule has 12 heteroatoms. The zero-order valence-electron chi connectivity index (χ0n) is 17.9. The van der Waals surface area contributed by atoms with E-state index >= 15 is 0 Å². The highest BCUT2D eigenvalue weighted by Gasteiger charge is 2.57. The molecule has 0 aliphatic carbocycles. The number of carbonyl (C=O) groups is 4. The topological polar surface area (TPSA) is 152 Å². The van der Waals surface area contributed by atoms with Crippen molar-refractivity contribution in [3.05, 3.63) is 74.7 Å². The van der Waals surface area contributed by atoms with Gasteiger partial charge in [-0.05, 0) is 29.8 Å². The molecule has 2 aliphatic heterocycles. The molecule has 2 unspecified atom stereocenters. The molecule has 0 spiro atoms. The molecule has 0 saturated carbocycles. The van der Waals surface area contributed by atoms with Gasteiger partial charge in [0.1, 0.15) is 17.5 Å². The standard InChI is InChI=1S/C23H18N4O6S2/c24-22(32)27-19(30)16-15(11-6-8-13(28)9-7-11)18-21(34-17(16)20(27)31)26(23(33)35-18)10-14(29)25-12-4-2-1-3-5-12/h1-9,15-17,28H,10H2,(H2,24,32)(H,25,29)/t15-,16?,17?/m0/s1. The summed E-state index contributed by atoms with van der Waals surface area (Å²) in [7, 11) is 0. The summed E-state index contributed by atoms with van der Waals surface area (Å²) in [6, 6.07) is 13.7. The highest BCUT2D eigenvalue weighted by Crippen LogP contribution is 2.53. The van der Waals surface area contributed by atoms with Crippen molar-refractivity contribution in [3.63, 3.8) is 0 Å². The fourth-order valence-electron chi connectivity index (χ4n) is 4.38. The Labute approximate surface area is 206 Å². The molecule has 3 heterocycles. The van der Waals surface area contributed by atoms with Gasteiger partial charge in [0, 0.05) is 16.5 Å². The normalized spacial score (nSPS) is 20.9. The van der Waals surface area contributed by atoms with Crippen LogP contribution in [0.2, 0.25) is 0 Å². The molecule has 10 nitrogen and oxygen atoms in total. The highest BCUT2D eigenvalue weighted by atomic mass is 32.2. The Morgan fingerprint density at radius 3 is 2.34 bits per heavy atom. The lowest BCUT2D eigenvalue weighted by Gasteiger charge is -2.30. The summed E-state index contributed by atoms with van der Waals surface area (Å²) in [5.41, 5.74) is 6.45. The predicted molar refractivity (Wildman–Crippen MR) is 128 cm³/mol. The molecule has 1 aromatic heterocycles. The average Bonchev–Trinajstić information content (AvgIpc) is 3.26. The first-order valence-electron chi connectivity index (χ1n) is 10.5. The molecule has 1 fully saturated rings. The summed E-state index contributed by atoms with van der Waals surface area (Å²) in [6.45, 7) is -0.298. The van der Waals surface area contributed by atoms with Crippen LogP contribution in [-0.2, 0) is 20.9 Å². The van der Waals surface area contributed by atoms with Crippen LogP contribution in [-0.4, -0.2) is 43.6 Å². The molecule has 5 rings (SSSR count). The number of primary amides is 1. The molecule has 2 aliphatic rings. The van der Waals surface area contributed by atoms with Crippen LogP contribution in [0.4, 0.5) is 10.5 Å². The number of carbonyl (C=O) groups excluding carboxylic acids is 4. The van der Waals surface area contributed by atoms with Crippen LogP contribution in [0.5, 0.6) is 5.75 Å². The summed E-state index contributed by atoms with van der Waals surface area (Å²) >= 11 is 1.86. The average molecular weight is 511 g/mol. The highest BCUT2D eigenvalue weighted by molar-refractivity contribution is 8.00. The molecule has 5 amide bonds. The minimum absolute atomic E-state index is 0.00614. The summed E-state index contributed by atoms with van der Waals surface area (Å²) in [5, 5.41) is 11.8. The summed E-state index contributed by atoms with van der Waals surface area (Å²) < 4.78 is 1.28. The molecule has 35 heavy (non-hydrogen) atoms. The van der Waals surface area contributed by atoms with Gasteiger partial charge in [0.05, 0.1) is 10.9 Å². The fraction of sp³-hybridized carbons (Fsp3) is 0.174. The third-order valence-corrected chi connectivity index (χ3v) is 8.48. The molecule has 3 aromatic rings. The lowest BCUT2D eigenvalue weighted by Crippen LogP contribution is -2.41. The number of aromatic hydroxyl groups is 1. The van der Waals surface area contributed by atoms with E-state index in [-0.39, 0.29) is 12.3 Å². The Balaban J connectivity index is 1.58. The number of fused-ring (bicyclic) bond motifs is 2. The second kappa shape index (κ2) is 8.71. The lowest BCUT2D eigenvalue weighted by atomic mass is 9.83. The number of phenolic OH excluding ortho intramolecular Hbond substituents is 1. The van der Waals surface area contributed by atoms with Gasteiger partial charge in [0.25, 0.3) is 5.91 Å². The minimum Gasteiger partial charge on any atom is -0.508 e. The van der Waals surface area contributed by atoms with Gasteiger partial charge in [-0.3, -0.25) is 23.7 Å². The van der Waals surface area contributed by atoms with E-state index in [1.54, 1.807) is 42.5 Å². The van der Waals surface area contributed by atoms with E-state index in [9.17, 15) is 29.1 Å². The van der Waals surface area contributed by atoms with E-state index in [1.807, 2.05) is 0 Å². The van der Waals surface area contributed by atoms with Crippen molar-refractivity contribution < 1.29 is 24.3 Å². The lowest BCUT2D eigenvalue weighted by molar-refractivity contribution is -0.135. The van der Waals surface area contributed by atoms with Crippen molar-refractivity contribution in [2.24, 2.45) is 11.7 Å². The van der Waals surface area contributed by atoms with Crippen molar-refractivity contribution in [2.45, 2.75) is 22.7 Å². The first-order valence-corrected chi connectivity index (χ1v) is 12.2. The van der Waals surface area contributed by atoms with E-state index in [1.165, 1.54) is 16.7 Å². The quantitative estimate of drug-likeness (QED) is 0.454. The maximum absolute atomic E-state index is 13.1. The fourth-order valence-corrected chi connectivity index (χ4v) is 7.15. The number of amides is 5. The number of benzene rings is 2. The van der Waals surface area contributed by atoms with Crippen LogP contribution in [0.15, 0.2) is 64.4 Å². The summed E-state index contributed by atoms with van der Waals surface area (Å²) in [6.07, 6.45) is 0. The number of aromatic nitrogens is 1. The molecule has 178 valence electrons. The Morgan fingerprint density at radius 1 is 1.00 bits per heavy atom. The number of phenols is 1. The van der Waals surface area contributed by atoms with Crippen molar-refractivity contribution in [1.29, 1.82) is 0 Å². The van der Waals surface area contributed by atoms with Gasteiger partial charge >= 0.3 is 10.9 Å². The smallest absolute Gasteiger partial charge is 0.328 e. The number of anilines is 1. The van der Waals surface area contributed by atoms with Crippen LogP contribution < -0.4 is 15.9 Å². The number of nitrogens with one attached hydrogen (secondary N) is 1. The molecule has 2 aromatic carbocycles. The second-order valence-corrected chi connectivity index (χ2v) is 10.1. The van der Waals surface area contributed by atoms with Gasteiger partial charge in [-0.2, -0.15) is 4.90 Å². The Hall–Kier alpha value is -3.90. The number of hydrogen-bond donors (Lipinski definition) is 3. The number of urea groups is 1. The zero-order chi connectivity index (χ0) is 24.9. The number of hydrogen-bond acceptors (Lipinski definition) is 8. The largest absolute Gasteiger partial charge is 0.508 e. The number of likely N-dealkylation sites (tertiary alicyclic amines) is 1. The molecule has 3 atom stereocenters. The predicted octanol–water partition coefficient (Wildman–Crippen LogP) is 1.92. The molecule has 0 radical (unpaired) electrons. The van der Waals surface area contributed by atoms with Crippen LogP contribution >= 0.6 is 23.1 Å². The van der Waals surface area contributed by atoms with Gasteiger partial charge in [0.15, 0.2) is 0 Å². The number of thiazole rings is 1. The second-order valence-electron chi connectivity index (χ2n) is 8.02. The summed E-state index contributed by atoms with van der Waals surface area (Å²) in [5.74, 6) is -3.64. The minimum atomic E-state index is -1.16. The molecule has 4 N–H and O–H groups in total. The Morgan fingerprint density at radius 2 is 1.69 bits per heavy atom. The van der Waals surface area contributed by atoms with E-state index in [2.05, 4.69) is 5.32 Å². The van der Waals surface area contributed by atoms with Crippen LogP contribution in [0, 0.1) is 5.92 Å². The molecular weight excluding hydrogens is 492 g/mol. The van der Waals surface area contributed by atoms with Gasteiger partial charge in [-0.25, -0.2) is 4.79 Å². The van der Waals surface area contributed by atoms with Crippen LogP contribution in [0.1, 0.15) is 16.4 Å². The Kier molecular flexibility index (Phi) is 5.69. The third-order valence-electron chi connectivity index (χ3n) is 5.88. The van der Waals surface area contributed by atoms with Crippen LogP contribution in [0.3, 0.4) is 0 Å². The molecule has 1 saturated heterocycles. The number of para-hydroxylation sites is 1. The van der Waals surface area contributed by atoms with Crippen molar-refractivity contribution >= 4 is 52.5 Å². The maximum atomic E-state index is 13.1. The number of nitrogens with zero attached hydrogens (tertiary/aromatic N) is 2. The van der Waals surface area contributed by atoms with E-state index in [0.717, 1.165) is 23.1 Å². The molecule has 0 bridgehead atoms.